The molecule has 0 atom stereocenters. The summed E-state index contributed by atoms with van der Waals surface area (Å²) in [4.78, 5) is 18.7. The van der Waals surface area contributed by atoms with Gasteiger partial charge in [-0.15, -0.1) is 0 Å². The minimum absolute atomic E-state index is 0.0233. The van der Waals surface area contributed by atoms with Gasteiger partial charge in [0.15, 0.2) is 16.7 Å². The van der Waals surface area contributed by atoms with Crippen LogP contribution in [0.5, 0.6) is 11.5 Å². The Morgan fingerprint density at radius 3 is 2.55 bits per heavy atom. The molecule has 0 radical (unpaired) electrons. The van der Waals surface area contributed by atoms with E-state index < -0.39 is 0 Å². The summed E-state index contributed by atoms with van der Waals surface area (Å²) in [5, 5.41) is 0.778. The van der Waals surface area contributed by atoms with E-state index in [1.165, 1.54) is 11.8 Å². The van der Waals surface area contributed by atoms with Crippen molar-refractivity contribution in [2.24, 2.45) is 0 Å². The molecule has 0 N–H and O–H groups in total. The van der Waals surface area contributed by atoms with E-state index in [-0.39, 0.29) is 5.91 Å². The second kappa shape index (κ2) is 9.84. The Hall–Kier alpha value is -2.45. The summed E-state index contributed by atoms with van der Waals surface area (Å²) in [5.41, 5.74) is 1.97. The second-order valence-electron chi connectivity index (χ2n) is 6.28. The summed E-state index contributed by atoms with van der Waals surface area (Å²) in [7, 11) is 4.99. The Morgan fingerprint density at radius 2 is 1.86 bits per heavy atom. The van der Waals surface area contributed by atoms with Crippen LogP contribution in [-0.2, 0) is 11.3 Å². The third kappa shape index (κ3) is 5.33. The molecule has 8 heteroatoms. The van der Waals surface area contributed by atoms with Gasteiger partial charge in [-0.25, -0.2) is 4.98 Å². The van der Waals surface area contributed by atoms with Crippen LogP contribution in [0.1, 0.15) is 5.56 Å². The van der Waals surface area contributed by atoms with Crippen LogP contribution in [0.4, 0.5) is 0 Å². The van der Waals surface area contributed by atoms with Crippen molar-refractivity contribution in [3.05, 3.63) is 64.9 Å². The summed E-state index contributed by atoms with van der Waals surface area (Å²) in [6.45, 7) is 0.487. The fourth-order valence-corrected chi connectivity index (χ4v) is 3.95. The third-order valence-electron chi connectivity index (χ3n) is 4.33. The number of rotatable bonds is 8. The third-order valence-corrected chi connectivity index (χ3v) is 5.81. The first kappa shape index (κ1) is 21.3. The molecule has 1 aromatic heterocycles. The molecule has 0 spiro atoms. The van der Waals surface area contributed by atoms with Crippen LogP contribution in [-0.4, -0.2) is 47.4 Å². The number of carbonyl (C=O) groups is 1. The lowest BCUT2D eigenvalue weighted by Gasteiger charge is -2.18. The van der Waals surface area contributed by atoms with E-state index in [0.717, 1.165) is 20.9 Å². The van der Waals surface area contributed by atoms with Crippen LogP contribution in [0, 0.1) is 0 Å². The number of benzene rings is 2. The molecular formula is C21H22BrN3O3S. The van der Waals surface area contributed by atoms with Gasteiger partial charge in [0.05, 0.1) is 20.0 Å². The van der Waals surface area contributed by atoms with Gasteiger partial charge in [-0.3, -0.25) is 9.36 Å². The Kier molecular flexibility index (Phi) is 7.22. The fourth-order valence-electron chi connectivity index (χ4n) is 2.77. The van der Waals surface area contributed by atoms with Gasteiger partial charge in [-0.1, -0.05) is 33.8 Å². The molecule has 0 fully saturated rings. The smallest absolute Gasteiger partial charge is 0.233 e. The molecule has 0 aliphatic heterocycles. The van der Waals surface area contributed by atoms with Crippen molar-refractivity contribution in [1.82, 2.24) is 14.5 Å². The molecule has 3 aromatic rings. The van der Waals surface area contributed by atoms with Gasteiger partial charge in [-0.2, -0.15) is 0 Å². The molecule has 2 aromatic carbocycles. The van der Waals surface area contributed by atoms with Crippen molar-refractivity contribution < 1.29 is 14.3 Å². The van der Waals surface area contributed by atoms with Crippen LogP contribution in [0.3, 0.4) is 0 Å². The molecule has 0 saturated heterocycles. The maximum Gasteiger partial charge on any atom is 0.233 e. The fraction of sp³-hybridized carbons (Fsp3) is 0.238. The van der Waals surface area contributed by atoms with Crippen LogP contribution in [0.25, 0.3) is 5.69 Å². The van der Waals surface area contributed by atoms with E-state index >= 15 is 0 Å². The number of amides is 1. The largest absolute Gasteiger partial charge is 0.493 e. The predicted octanol–water partition coefficient (Wildman–Crippen LogP) is 4.40. The van der Waals surface area contributed by atoms with E-state index in [1.807, 2.05) is 53.2 Å². The van der Waals surface area contributed by atoms with Gasteiger partial charge in [0.1, 0.15) is 0 Å². The number of imidazole rings is 1. The molecule has 1 heterocycles. The van der Waals surface area contributed by atoms with Crippen molar-refractivity contribution in [2.45, 2.75) is 11.7 Å². The van der Waals surface area contributed by atoms with E-state index in [1.54, 1.807) is 32.4 Å². The van der Waals surface area contributed by atoms with E-state index in [0.29, 0.717) is 23.8 Å². The Labute approximate surface area is 183 Å². The number of halogens is 1. The minimum Gasteiger partial charge on any atom is -0.493 e. The van der Waals surface area contributed by atoms with Crippen molar-refractivity contribution in [3.8, 4) is 17.2 Å². The quantitative estimate of drug-likeness (QED) is 0.451. The Balaban J connectivity index is 1.61. The number of thioether (sulfide) groups is 1. The van der Waals surface area contributed by atoms with Crippen LogP contribution >= 0.6 is 27.7 Å². The van der Waals surface area contributed by atoms with Crippen LogP contribution in [0.2, 0.25) is 0 Å². The highest BCUT2D eigenvalue weighted by molar-refractivity contribution is 9.10. The zero-order chi connectivity index (χ0) is 20.8. The average Bonchev–Trinajstić information content (AvgIpc) is 3.21. The highest BCUT2D eigenvalue weighted by atomic mass is 79.9. The Morgan fingerprint density at radius 1 is 1.14 bits per heavy atom. The van der Waals surface area contributed by atoms with Crippen molar-refractivity contribution >= 4 is 33.6 Å². The van der Waals surface area contributed by atoms with Crippen molar-refractivity contribution in [1.29, 1.82) is 0 Å². The normalized spacial score (nSPS) is 10.6. The predicted molar refractivity (Wildman–Crippen MR) is 118 cm³/mol. The van der Waals surface area contributed by atoms with E-state index in [2.05, 4.69) is 20.9 Å². The van der Waals surface area contributed by atoms with Gasteiger partial charge in [0, 0.05) is 36.1 Å². The first-order chi connectivity index (χ1) is 14.0. The lowest BCUT2D eigenvalue weighted by Crippen LogP contribution is -2.27. The standard InChI is InChI=1S/C21H22BrN3O3S/c1-24(13-15-4-9-18(27-2)19(12-15)28-3)20(26)14-29-21-23-10-11-25(21)17-7-5-16(22)6-8-17/h4-12H,13-14H2,1-3H3. The number of methoxy groups -OCH3 is 2. The number of carbonyl (C=O) groups excluding carboxylic acids is 1. The molecule has 6 nitrogen and oxygen atoms in total. The summed E-state index contributed by atoms with van der Waals surface area (Å²) in [6.07, 6.45) is 3.63. The highest BCUT2D eigenvalue weighted by Crippen LogP contribution is 2.28. The van der Waals surface area contributed by atoms with Gasteiger partial charge < -0.3 is 14.4 Å². The molecule has 0 saturated carbocycles. The minimum atomic E-state index is 0.0233. The summed E-state index contributed by atoms with van der Waals surface area (Å²) in [6, 6.07) is 13.6. The SMILES string of the molecule is COc1ccc(CN(C)C(=O)CSc2nccn2-c2ccc(Br)cc2)cc1OC. The molecule has 0 unspecified atom stereocenters. The number of nitrogens with zero attached hydrogens (tertiary/aromatic N) is 3. The molecular weight excluding hydrogens is 454 g/mol. The van der Waals surface area contributed by atoms with Gasteiger partial charge in [0.2, 0.25) is 5.91 Å². The van der Waals surface area contributed by atoms with Crippen LogP contribution < -0.4 is 9.47 Å². The molecule has 0 aliphatic rings. The number of aromatic nitrogens is 2. The molecule has 0 bridgehead atoms. The Bertz CT molecular complexity index is 976. The second-order valence-corrected chi connectivity index (χ2v) is 8.14. The van der Waals surface area contributed by atoms with E-state index in [9.17, 15) is 4.79 Å². The number of hydrogen-bond acceptors (Lipinski definition) is 5. The molecule has 152 valence electrons. The molecule has 29 heavy (non-hydrogen) atoms. The first-order valence-electron chi connectivity index (χ1n) is 8.88. The maximum absolute atomic E-state index is 12.6. The lowest BCUT2D eigenvalue weighted by atomic mass is 10.2. The maximum atomic E-state index is 12.6. The molecule has 3 rings (SSSR count). The van der Waals surface area contributed by atoms with Crippen molar-refractivity contribution in [3.63, 3.8) is 0 Å². The lowest BCUT2D eigenvalue weighted by molar-refractivity contribution is -0.127. The van der Waals surface area contributed by atoms with Crippen molar-refractivity contribution in [2.75, 3.05) is 27.0 Å². The van der Waals surface area contributed by atoms with Gasteiger partial charge in [0.25, 0.3) is 0 Å². The zero-order valence-corrected chi connectivity index (χ0v) is 18.9. The summed E-state index contributed by atoms with van der Waals surface area (Å²) < 4.78 is 13.6. The summed E-state index contributed by atoms with van der Waals surface area (Å²) in [5.74, 6) is 1.64. The first-order valence-corrected chi connectivity index (χ1v) is 10.7. The van der Waals surface area contributed by atoms with Gasteiger partial charge >= 0.3 is 0 Å². The summed E-state index contributed by atoms with van der Waals surface area (Å²) >= 11 is 4.86. The molecule has 1 amide bonds. The average molecular weight is 476 g/mol. The zero-order valence-electron chi connectivity index (χ0n) is 16.5. The number of hydrogen-bond donors (Lipinski definition) is 0. The monoisotopic (exact) mass is 475 g/mol. The topological polar surface area (TPSA) is 56.6 Å². The number of ether oxygens (including phenoxy) is 2. The van der Waals surface area contributed by atoms with Crippen LogP contribution in [0.15, 0.2) is 64.5 Å². The molecule has 0 aliphatic carbocycles. The van der Waals surface area contributed by atoms with E-state index in [4.69, 9.17) is 9.47 Å². The highest BCUT2D eigenvalue weighted by Gasteiger charge is 2.14. The van der Waals surface area contributed by atoms with Gasteiger partial charge in [-0.05, 0) is 42.0 Å².